The second kappa shape index (κ2) is 11.4. The van der Waals surface area contributed by atoms with Gasteiger partial charge in [0.2, 0.25) is 0 Å². The molecule has 0 bridgehead atoms. The lowest BCUT2D eigenvalue weighted by Crippen LogP contribution is -2.42. The summed E-state index contributed by atoms with van der Waals surface area (Å²) in [6.45, 7) is 0.501. The summed E-state index contributed by atoms with van der Waals surface area (Å²) in [7, 11) is 1.75. The molecule has 0 saturated heterocycles. The van der Waals surface area contributed by atoms with Gasteiger partial charge in [-0.05, 0) is 41.4 Å². The molecule has 3 aromatic carbocycles. The highest BCUT2D eigenvalue weighted by atomic mass is 35.5. The molecule has 0 aliphatic rings. The predicted molar refractivity (Wildman–Crippen MR) is 130 cm³/mol. The number of aliphatic carboxylic acids is 2. The molecule has 176 valence electrons. The van der Waals surface area contributed by atoms with Crippen LogP contribution in [0, 0.1) is 0 Å². The van der Waals surface area contributed by atoms with Gasteiger partial charge < -0.3 is 15.5 Å². The number of benzene rings is 3. The minimum atomic E-state index is -1.13. The molecule has 0 heterocycles. The van der Waals surface area contributed by atoms with Crippen molar-refractivity contribution in [2.75, 3.05) is 13.6 Å². The molecule has 1 atom stereocenters. The Morgan fingerprint density at radius 1 is 0.882 bits per heavy atom. The summed E-state index contributed by atoms with van der Waals surface area (Å²) in [6.07, 6.45) is 0.126. The first-order chi connectivity index (χ1) is 16.2. The molecule has 0 spiro atoms. The molecule has 0 fully saturated rings. The Hall–Kier alpha value is -3.68. The first-order valence-electron chi connectivity index (χ1n) is 10.6. The highest BCUT2D eigenvalue weighted by molar-refractivity contribution is 6.33. The van der Waals surface area contributed by atoms with E-state index in [4.69, 9.17) is 16.7 Å². The van der Waals surface area contributed by atoms with Crippen LogP contribution in [0.5, 0.6) is 0 Å². The molecule has 0 aliphatic heterocycles. The normalized spacial score (nSPS) is 11.7. The van der Waals surface area contributed by atoms with Gasteiger partial charge in [0, 0.05) is 13.0 Å². The molecule has 7 nitrogen and oxygen atoms in total. The number of nitrogens with zero attached hydrogens (tertiary/aromatic N) is 1. The molecule has 3 N–H and O–H groups in total. The first kappa shape index (κ1) is 25.0. The predicted octanol–water partition coefficient (Wildman–Crippen LogP) is 3.95. The van der Waals surface area contributed by atoms with E-state index in [9.17, 15) is 19.5 Å². The zero-order valence-corrected chi connectivity index (χ0v) is 19.3. The summed E-state index contributed by atoms with van der Waals surface area (Å²) in [5.74, 6) is -2.54. The Morgan fingerprint density at radius 2 is 1.44 bits per heavy atom. The fraction of sp³-hybridized carbons (Fsp3) is 0.192. The number of hydrogen-bond acceptors (Lipinski definition) is 4. The fourth-order valence-corrected chi connectivity index (χ4v) is 3.77. The van der Waals surface area contributed by atoms with Crippen LogP contribution in [0.4, 0.5) is 0 Å². The van der Waals surface area contributed by atoms with Crippen molar-refractivity contribution in [3.05, 3.63) is 94.5 Å². The van der Waals surface area contributed by atoms with Gasteiger partial charge in [-0.15, -0.1) is 0 Å². The van der Waals surface area contributed by atoms with Crippen LogP contribution in [0.15, 0.2) is 72.8 Å². The molecule has 34 heavy (non-hydrogen) atoms. The molecule has 3 rings (SSSR count). The van der Waals surface area contributed by atoms with Gasteiger partial charge in [-0.25, -0.2) is 4.79 Å². The van der Waals surface area contributed by atoms with E-state index >= 15 is 0 Å². The van der Waals surface area contributed by atoms with Gasteiger partial charge in [0.1, 0.15) is 6.04 Å². The lowest BCUT2D eigenvalue weighted by Gasteiger charge is -2.16. The largest absolute Gasteiger partial charge is 0.480 e. The Morgan fingerprint density at radius 3 is 1.97 bits per heavy atom. The number of rotatable bonds is 10. The summed E-state index contributed by atoms with van der Waals surface area (Å²) < 4.78 is 0. The second-order valence-corrected chi connectivity index (χ2v) is 8.42. The first-order valence-corrected chi connectivity index (χ1v) is 11.0. The van der Waals surface area contributed by atoms with Crippen LogP contribution in [-0.4, -0.2) is 52.6 Å². The van der Waals surface area contributed by atoms with E-state index in [1.165, 1.54) is 0 Å². The van der Waals surface area contributed by atoms with Gasteiger partial charge in [0.25, 0.3) is 5.91 Å². The second-order valence-electron chi connectivity index (χ2n) is 8.01. The Kier molecular flexibility index (Phi) is 8.40. The number of likely N-dealkylation sites (N-methyl/N-ethyl adjacent to an activating group) is 1. The van der Waals surface area contributed by atoms with Crippen LogP contribution in [-0.2, 0) is 22.6 Å². The molecule has 8 heteroatoms. The minimum absolute atomic E-state index is 0.0284. The van der Waals surface area contributed by atoms with Crippen LogP contribution in [0.25, 0.3) is 11.1 Å². The fourth-order valence-electron chi connectivity index (χ4n) is 3.55. The van der Waals surface area contributed by atoms with E-state index in [0.717, 1.165) is 22.3 Å². The third-order valence-corrected chi connectivity index (χ3v) is 5.59. The Bertz CT molecular complexity index is 1160. The third-order valence-electron chi connectivity index (χ3n) is 5.26. The molecule has 3 aromatic rings. The molecule has 0 radical (unpaired) electrons. The van der Waals surface area contributed by atoms with Gasteiger partial charge >= 0.3 is 11.9 Å². The molecule has 0 saturated carbocycles. The topological polar surface area (TPSA) is 107 Å². The Balaban J connectivity index is 1.64. The van der Waals surface area contributed by atoms with Crippen LogP contribution in [0.1, 0.15) is 21.5 Å². The summed E-state index contributed by atoms with van der Waals surface area (Å²) in [4.78, 5) is 36.7. The quantitative estimate of drug-likeness (QED) is 0.405. The number of carboxylic acids is 2. The van der Waals surface area contributed by atoms with Gasteiger partial charge in [0.15, 0.2) is 0 Å². The molecule has 0 aliphatic carbocycles. The van der Waals surface area contributed by atoms with Crippen molar-refractivity contribution in [1.82, 2.24) is 10.2 Å². The lowest BCUT2D eigenvalue weighted by atomic mass is 9.99. The zero-order valence-electron chi connectivity index (χ0n) is 18.6. The summed E-state index contributed by atoms with van der Waals surface area (Å²) in [5.41, 5.74) is 3.94. The lowest BCUT2D eigenvalue weighted by molar-refractivity contribution is -0.139. The maximum absolute atomic E-state index is 12.5. The van der Waals surface area contributed by atoms with Crippen LogP contribution >= 0.6 is 11.6 Å². The van der Waals surface area contributed by atoms with Crippen LogP contribution < -0.4 is 5.32 Å². The summed E-state index contributed by atoms with van der Waals surface area (Å²) in [5, 5.41) is 21.2. The zero-order chi connectivity index (χ0) is 24.7. The number of nitrogens with one attached hydrogen (secondary N) is 1. The van der Waals surface area contributed by atoms with Crippen molar-refractivity contribution < 1.29 is 24.6 Å². The van der Waals surface area contributed by atoms with Crippen molar-refractivity contribution in [1.29, 1.82) is 0 Å². The molecule has 0 aromatic heterocycles. The summed E-state index contributed by atoms with van der Waals surface area (Å²) in [6, 6.07) is 20.7. The highest BCUT2D eigenvalue weighted by Gasteiger charge is 2.22. The van der Waals surface area contributed by atoms with Crippen LogP contribution in [0.3, 0.4) is 0 Å². The maximum Gasteiger partial charge on any atom is 0.326 e. The maximum atomic E-state index is 12.5. The molecular weight excluding hydrogens is 456 g/mol. The average Bonchev–Trinajstić information content (AvgIpc) is 2.79. The van der Waals surface area contributed by atoms with Gasteiger partial charge in [-0.3, -0.25) is 14.5 Å². The van der Waals surface area contributed by atoms with Crippen molar-refractivity contribution >= 4 is 29.4 Å². The molecule has 1 amide bonds. The third kappa shape index (κ3) is 6.91. The average molecular weight is 481 g/mol. The van der Waals surface area contributed by atoms with E-state index in [1.54, 1.807) is 36.2 Å². The van der Waals surface area contributed by atoms with Gasteiger partial charge in [-0.1, -0.05) is 72.3 Å². The Labute approximate surface area is 202 Å². The van der Waals surface area contributed by atoms with E-state index < -0.39 is 23.9 Å². The SMILES string of the molecule is CN(CC(=O)O)Cc1ccc(-c2ccc(C[C@H](NC(=O)c3ccccc3Cl)C(=O)O)cc2)cc1. The van der Waals surface area contributed by atoms with E-state index in [1.807, 2.05) is 48.5 Å². The monoisotopic (exact) mass is 480 g/mol. The number of amides is 1. The van der Waals surface area contributed by atoms with Crippen molar-refractivity contribution in [3.63, 3.8) is 0 Å². The number of carboxylic acid groups (broad SMARTS) is 2. The van der Waals surface area contributed by atoms with Crippen molar-refractivity contribution in [3.8, 4) is 11.1 Å². The van der Waals surface area contributed by atoms with Crippen LogP contribution in [0.2, 0.25) is 5.02 Å². The number of carbonyl (C=O) groups excluding carboxylic acids is 1. The van der Waals surface area contributed by atoms with Crippen molar-refractivity contribution in [2.45, 2.75) is 19.0 Å². The number of carbonyl (C=O) groups is 3. The number of halogens is 1. The van der Waals surface area contributed by atoms with Gasteiger partial charge in [-0.2, -0.15) is 0 Å². The number of hydrogen-bond donors (Lipinski definition) is 3. The molecule has 0 unspecified atom stereocenters. The van der Waals surface area contributed by atoms with Gasteiger partial charge in [0.05, 0.1) is 17.1 Å². The van der Waals surface area contributed by atoms with Crippen molar-refractivity contribution in [2.24, 2.45) is 0 Å². The minimum Gasteiger partial charge on any atom is -0.480 e. The highest BCUT2D eigenvalue weighted by Crippen LogP contribution is 2.22. The van der Waals surface area contributed by atoms with E-state index in [0.29, 0.717) is 6.54 Å². The molecular formula is C26H25ClN2O5. The smallest absolute Gasteiger partial charge is 0.326 e. The van der Waals surface area contributed by atoms with E-state index in [2.05, 4.69) is 5.32 Å². The summed E-state index contributed by atoms with van der Waals surface area (Å²) >= 11 is 6.04. The van der Waals surface area contributed by atoms with E-state index in [-0.39, 0.29) is 23.6 Å². The standard InChI is InChI=1S/C26H25ClN2O5/c1-29(16-24(30)31)15-18-8-12-20(13-9-18)19-10-6-17(7-11-19)14-23(26(33)34)28-25(32)21-4-2-3-5-22(21)27/h2-13,23H,14-16H2,1H3,(H,28,32)(H,30,31)(H,33,34)/t23-/m0/s1.